The zero-order chi connectivity index (χ0) is 34.0. The van der Waals surface area contributed by atoms with Gasteiger partial charge < -0.3 is 30.0 Å². The third-order valence-electron chi connectivity index (χ3n) is 8.57. The van der Waals surface area contributed by atoms with Crippen LogP contribution in [-0.2, 0) is 24.2 Å². The second-order valence-electron chi connectivity index (χ2n) is 11.6. The second kappa shape index (κ2) is 13.4. The van der Waals surface area contributed by atoms with Gasteiger partial charge in [0.1, 0.15) is 5.75 Å². The summed E-state index contributed by atoms with van der Waals surface area (Å²) in [7, 11) is -3.01. The Kier molecular flexibility index (Phi) is 10.2. The van der Waals surface area contributed by atoms with Gasteiger partial charge in [0.15, 0.2) is 11.6 Å². The summed E-state index contributed by atoms with van der Waals surface area (Å²) in [5.41, 5.74) is -6.74. The first-order valence-electron chi connectivity index (χ1n) is 14.3. The lowest BCUT2D eigenvalue weighted by atomic mass is 9.75. The second-order valence-corrected chi connectivity index (χ2v) is 13.6. The molecule has 0 saturated heterocycles. The van der Waals surface area contributed by atoms with E-state index in [1.165, 1.54) is 26.4 Å². The molecule has 2 aliphatic carbocycles. The number of hydrogen-bond donors (Lipinski definition) is 3. The highest BCUT2D eigenvalue weighted by Gasteiger charge is 2.47. The molecule has 3 N–H and O–H groups in total. The molecule has 2 aromatic carbocycles. The van der Waals surface area contributed by atoms with Crippen molar-refractivity contribution in [3.05, 3.63) is 47.8 Å². The van der Waals surface area contributed by atoms with E-state index >= 15 is 0 Å². The summed E-state index contributed by atoms with van der Waals surface area (Å²) >= 11 is 0. The maximum absolute atomic E-state index is 15.0. The number of sulfone groups is 1. The number of benzene rings is 2. The lowest BCUT2D eigenvalue weighted by Gasteiger charge is -2.34. The van der Waals surface area contributed by atoms with E-state index in [9.17, 15) is 45.5 Å². The fraction of sp³-hybridized carbons (Fsp3) is 0.500. The average molecular weight is 675 g/mol. The van der Waals surface area contributed by atoms with Gasteiger partial charge in [-0.3, -0.25) is 14.4 Å². The number of ether oxygens (including phenoxy) is 3. The van der Waals surface area contributed by atoms with Crippen molar-refractivity contribution in [3.8, 4) is 11.5 Å². The highest BCUT2D eigenvalue weighted by Crippen LogP contribution is 2.39. The SMILES string of the molecule is COc1cc(F)c(O[C@H]2CC[C@@](C)(C(=O)O)CC2)cc1C(=O)N[C@@H]1C[C@@H](OC)C[C@@H]1C(=O)Nc1cccc(S(=O)(=O)C(F)(F)F)c1. The van der Waals surface area contributed by atoms with E-state index in [2.05, 4.69) is 10.6 Å². The maximum atomic E-state index is 15.0. The number of carboxylic acids is 1. The molecule has 0 aromatic heterocycles. The van der Waals surface area contributed by atoms with E-state index in [-0.39, 0.29) is 35.6 Å². The third-order valence-corrected chi connectivity index (χ3v) is 10.1. The largest absolute Gasteiger partial charge is 0.501 e. The van der Waals surface area contributed by atoms with Crippen molar-refractivity contribution in [3.63, 3.8) is 0 Å². The minimum atomic E-state index is -5.66. The van der Waals surface area contributed by atoms with Crippen LogP contribution >= 0.6 is 0 Å². The van der Waals surface area contributed by atoms with Crippen molar-refractivity contribution in [2.24, 2.45) is 11.3 Å². The molecular formula is C30H34F4N2O9S. The molecule has 0 spiro atoms. The fourth-order valence-electron chi connectivity index (χ4n) is 5.70. The standard InChI is InChI=1S/C30H34F4N2O9S/c1-29(28(39)40)9-7-17(8-10-29)45-25-14-21(24(44-3)15-22(25)31)27(38)36-23-13-18(43-2)12-20(23)26(37)35-16-5-4-6-19(11-16)46(41,42)30(32,33)34/h4-6,11,14-15,17-18,20,23H,7-10,12-13H2,1-3H3,(H,35,37)(H,36,38)(H,39,40)/t17-,18-,20-,23+,29+/m0/s1. The van der Waals surface area contributed by atoms with Crippen molar-refractivity contribution in [1.29, 1.82) is 0 Å². The number of halogens is 4. The van der Waals surface area contributed by atoms with Gasteiger partial charge in [-0.2, -0.15) is 13.2 Å². The Balaban J connectivity index is 1.51. The summed E-state index contributed by atoms with van der Waals surface area (Å²) in [4.78, 5) is 37.3. The summed E-state index contributed by atoms with van der Waals surface area (Å²) < 4.78 is 94.2. The third kappa shape index (κ3) is 7.38. The summed E-state index contributed by atoms with van der Waals surface area (Å²) in [6.07, 6.45) is 0.713. The van der Waals surface area contributed by atoms with Crippen LogP contribution in [0.2, 0.25) is 0 Å². The average Bonchev–Trinajstić information content (AvgIpc) is 3.41. The number of carbonyl (C=O) groups is 3. The van der Waals surface area contributed by atoms with Gasteiger partial charge in [-0.05, 0) is 69.7 Å². The van der Waals surface area contributed by atoms with Gasteiger partial charge in [0.2, 0.25) is 5.91 Å². The molecule has 11 nitrogen and oxygen atoms in total. The molecule has 2 aromatic rings. The summed E-state index contributed by atoms with van der Waals surface area (Å²) in [6.45, 7) is 1.64. The van der Waals surface area contributed by atoms with Crippen LogP contribution in [0.3, 0.4) is 0 Å². The molecule has 0 unspecified atom stereocenters. The molecule has 2 aliphatic rings. The number of rotatable bonds is 10. The lowest BCUT2D eigenvalue weighted by molar-refractivity contribution is -0.150. The molecule has 3 atom stereocenters. The molecule has 0 aliphatic heterocycles. The van der Waals surface area contributed by atoms with Crippen LogP contribution in [0.1, 0.15) is 55.8 Å². The number of carbonyl (C=O) groups excluding carboxylic acids is 2. The zero-order valence-corrected chi connectivity index (χ0v) is 26.0. The van der Waals surface area contributed by atoms with Crippen LogP contribution in [0.4, 0.5) is 23.2 Å². The van der Waals surface area contributed by atoms with Crippen LogP contribution in [0.25, 0.3) is 0 Å². The first kappa shape index (κ1) is 34.9. The number of hydrogen-bond acceptors (Lipinski definition) is 8. The fourth-order valence-corrected chi connectivity index (χ4v) is 6.51. The zero-order valence-electron chi connectivity index (χ0n) is 25.1. The van der Waals surface area contributed by atoms with Gasteiger partial charge >= 0.3 is 11.5 Å². The van der Waals surface area contributed by atoms with Gasteiger partial charge in [0, 0.05) is 24.9 Å². The Morgan fingerprint density at radius 2 is 1.67 bits per heavy atom. The highest BCUT2D eigenvalue weighted by atomic mass is 32.2. The van der Waals surface area contributed by atoms with Crippen molar-refractivity contribution in [2.75, 3.05) is 19.5 Å². The number of amides is 2. The number of anilines is 1. The minimum absolute atomic E-state index is 0.102. The minimum Gasteiger partial charge on any atom is -0.496 e. The molecule has 252 valence electrons. The van der Waals surface area contributed by atoms with E-state index in [0.29, 0.717) is 31.7 Å². The number of methoxy groups -OCH3 is 2. The number of carboxylic acid groups (broad SMARTS) is 1. The Labute approximate surface area is 262 Å². The maximum Gasteiger partial charge on any atom is 0.501 e. The van der Waals surface area contributed by atoms with E-state index in [0.717, 1.165) is 18.2 Å². The summed E-state index contributed by atoms with van der Waals surface area (Å²) in [5.74, 6) is -4.45. The Bertz CT molecular complexity index is 1590. The monoisotopic (exact) mass is 674 g/mol. The van der Waals surface area contributed by atoms with Crippen molar-refractivity contribution in [2.45, 2.75) is 74.1 Å². The van der Waals surface area contributed by atoms with E-state index in [4.69, 9.17) is 14.2 Å². The number of aliphatic carboxylic acids is 1. The number of alkyl halides is 3. The van der Waals surface area contributed by atoms with Crippen LogP contribution in [-0.4, -0.2) is 69.3 Å². The Morgan fingerprint density at radius 1 is 1.00 bits per heavy atom. The molecular weight excluding hydrogens is 640 g/mol. The Hall–Kier alpha value is -3.92. The molecule has 4 rings (SSSR count). The molecule has 2 fully saturated rings. The lowest BCUT2D eigenvalue weighted by Crippen LogP contribution is -2.42. The smallest absolute Gasteiger partial charge is 0.496 e. The van der Waals surface area contributed by atoms with Crippen molar-refractivity contribution < 1.29 is 59.7 Å². The predicted molar refractivity (Wildman–Crippen MR) is 155 cm³/mol. The van der Waals surface area contributed by atoms with E-state index in [1.54, 1.807) is 6.92 Å². The van der Waals surface area contributed by atoms with Crippen LogP contribution in [0.5, 0.6) is 11.5 Å². The predicted octanol–water partition coefficient (Wildman–Crippen LogP) is 4.70. The number of nitrogens with one attached hydrogen (secondary N) is 2. The molecule has 2 saturated carbocycles. The molecule has 46 heavy (non-hydrogen) atoms. The van der Waals surface area contributed by atoms with Gasteiger partial charge in [-0.15, -0.1) is 0 Å². The van der Waals surface area contributed by atoms with Crippen LogP contribution in [0.15, 0.2) is 41.3 Å². The first-order chi connectivity index (χ1) is 21.5. The first-order valence-corrected chi connectivity index (χ1v) is 15.8. The van der Waals surface area contributed by atoms with E-state index < -0.39 is 73.4 Å². The van der Waals surface area contributed by atoms with E-state index in [1.807, 2.05) is 0 Å². The van der Waals surface area contributed by atoms with Crippen molar-refractivity contribution in [1.82, 2.24) is 5.32 Å². The molecule has 0 bridgehead atoms. The van der Waals surface area contributed by atoms with Gasteiger partial charge in [-0.1, -0.05) is 6.07 Å². The van der Waals surface area contributed by atoms with Crippen molar-refractivity contribution >= 4 is 33.3 Å². The highest BCUT2D eigenvalue weighted by molar-refractivity contribution is 7.92. The topological polar surface area (TPSA) is 157 Å². The molecule has 0 radical (unpaired) electrons. The molecule has 0 heterocycles. The van der Waals surface area contributed by atoms with Gasteiger partial charge in [0.25, 0.3) is 15.7 Å². The molecule has 16 heteroatoms. The Morgan fingerprint density at radius 3 is 2.26 bits per heavy atom. The normalized spacial score (nSPS) is 25.0. The summed E-state index contributed by atoms with van der Waals surface area (Å²) in [5, 5.41) is 14.6. The quantitative estimate of drug-likeness (QED) is 0.304. The summed E-state index contributed by atoms with van der Waals surface area (Å²) in [6, 6.07) is 5.03. The van der Waals surface area contributed by atoms with Gasteiger partial charge in [0.05, 0.1) is 41.1 Å². The molecule has 2 amide bonds. The van der Waals surface area contributed by atoms with Crippen LogP contribution in [0, 0.1) is 17.2 Å². The van der Waals surface area contributed by atoms with Gasteiger partial charge in [-0.25, -0.2) is 12.8 Å². The van der Waals surface area contributed by atoms with Crippen LogP contribution < -0.4 is 20.1 Å².